The van der Waals surface area contributed by atoms with Gasteiger partial charge in [-0.25, -0.2) is 0 Å². The van der Waals surface area contributed by atoms with Crippen LogP contribution in [-0.2, 0) is 15.7 Å². The average molecular weight is 274 g/mol. The molecular formula is C12H13F3N2O2. The highest BCUT2D eigenvalue weighted by atomic mass is 19.4. The Hall–Kier alpha value is -1.92. The maximum atomic E-state index is 12.5. The molecule has 4 nitrogen and oxygen atoms in total. The van der Waals surface area contributed by atoms with Crippen molar-refractivity contribution < 1.29 is 22.7 Å². The molecule has 0 bridgehead atoms. The van der Waals surface area contributed by atoms with E-state index in [1.807, 2.05) is 4.90 Å². The Labute approximate surface area is 108 Å². The minimum absolute atomic E-state index is 0.206. The van der Waals surface area contributed by atoms with Gasteiger partial charge in [0.2, 0.25) is 0 Å². The number of hydrogen-bond donors (Lipinski definition) is 1. The highest BCUT2D eigenvalue weighted by Gasteiger charge is 2.32. The van der Waals surface area contributed by atoms with Crippen molar-refractivity contribution in [2.45, 2.75) is 13.1 Å². The van der Waals surface area contributed by atoms with Crippen molar-refractivity contribution in [3.63, 3.8) is 0 Å². The molecule has 1 aliphatic heterocycles. The zero-order valence-corrected chi connectivity index (χ0v) is 10.3. The number of ether oxygens (including phenoxy) is 1. The molecule has 0 saturated carbocycles. The number of anilines is 2. The maximum absolute atomic E-state index is 12.5. The van der Waals surface area contributed by atoms with Gasteiger partial charge in [0, 0.05) is 6.92 Å². The Kier molecular flexibility index (Phi) is 3.55. The number of halogens is 3. The number of hydrogen-bond acceptors (Lipinski definition) is 4. The Balaban J connectivity index is 2.07. The first-order valence-electron chi connectivity index (χ1n) is 5.71. The van der Waals surface area contributed by atoms with Crippen LogP contribution in [0.2, 0.25) is 0 Å². The van der Waals surface area contributed by atoms with Crippen LogP contribution in [0.5, 0.6) is 0 Å². The summed E-state index contributed by atoms with van der Waals surface area (Å²) in [7, 11) is 0. The molecule has 0 saturated heterocycles. The summed E-state index contributed by atoms with van der Waals surface area (Å²) in [6.45, 7) is 2.35. The average Bonchev–Trinajstić information content (AvgIpc) is 2.70. The fraction of sp³-hybridized carbons (Fsp3) is 0.417. The van der Waals surface area contributed by atoms with Crippen LogP contribution >= 0.6 is 0 Å². The number of nitrogens with zero attached hydrogens (tertiary/aromatic N) is 1. The van der Waals surface area contributed by atoms with Gasteiger partial charge in [-0.1, -0.05) is 0 Å². The van der Waals surface area contributed by atoms with Gasteiger partial charge in [0.1, 0.15) is 6.61 Å². The van der Waals surface area contributed by atoms with Gasteiger partial charge in [-0.15, -0.1) is 0 Å². The lowest BCUT2D eigenvalue weighted by Gasteiger charge is -2.17. The summed E-state index contributed by atoms with van der Waals surface area (Å²) in [5.41, 5.74) is 0.443. The molecule has 1 aromatic rings. The smallest absolute Gasteiger partial charge is 0.416 e. The lowest BCUT2D eigenvalue weighted by atomic mass is 10.1. The van der Waals surface area contributed by atoms with Crippen molar-refractivity contribution in [1.29, 1.82) is 0 Å². The first-order chi connectivity index (χ1) is 8.88. The number of esters is 1. The number of carbonyl (C=O) groups is 1. The van der Waals surface area contributed by atoms with Crippen molar-refractivity contribution in [1.82, 2.24) is 0 Å². The minimum atomic E-state index is -4.35. The normalized spacial score (nSPS) is 14.0. The molecule has 0 aliphatic carbocycles. The number of alkyl halides is 3. The van der Waals surface area contributed by atoms with E-state index in [2.05, 4.69) is 5.32 Å². The van der Waals surface area contributed by atoms with Gasteiger partial charge in [-0.3, -0.25) is 4.79 Å². The van der Waals surface area contributed by atoms with E-state index in [4.69, 9.17) is 4.74 Å². The minimum Gasteiger partial charge on any atom is -0.464 e. The largest absolute Gasteiger partial charge is 0.464 e. The molecule has 1 heterocycles. The van der Waals surface area contributed by atoms with Crippen LogP contribution in [0.15, 0.2) is 18.2 Å². The lowest BCUT2D eigenvalue weighted by molar-refractivity contribution is -0.140. The summed E-state index contributed by atoms with van der Waals surface area (Å²) in [6.07, 6.45) is -4.35. The van der Waals surface area contributed by atoms with E-state index in [1.54, 1.807) is 0 Å². The molecule has 2 rings (SSSR count). The van der Waals surface area contributed by atoms with Gasteiger partial charge in [-0.05, 0) is 18.2 Å². The van der Waals surface area contributed by atoms with Gasteiger partial charge in [0.15, 0.2) is 0 Å². The highest BCUT2D eigenvalue weighted by molar-refractivity contribution is 5.75. The Morgan fingerprint density at radius 3 is 2.84 bits per heavy atom. The fourth-order valence-corrected chi connectivity index (χ4v) is 1.89. The van der Waals surface area contributed by atoms with E-state index >= 15 is 0 Å². The number of carbonyl (C=O) groups excluding carboxylic acids is 1. The van der Waals surface area contributed by atoms with E-state index in [0.29, 0.717) is 24.6 Å². The predicted octanol–water partition coefficient (Wildman–Crippen LogP) is 2.46. The molecule has 1 N–H and O–H groups in total. The topological polar surface area (TPSA) is 41.6 Å². The third kappa shape index (κ3) is 3.10. The molecule has 0 fully saturated rings. The van der Waals surface area contributed by atoms with Crippen LogP contribution in [0.1, 0.15) is 12.5 Å². The second-order valence-electron chi connectivity index (χ2n) is 4.17. The van der Waals surface area contributed by atoms with Crippen LogP contribution in [0.3, 0.4) is 0 Å². The van der Waals surface area contributed by atoms with Gasteiger partial charge >= 0.3 is 12.1 Å². The van der Waals surface area contributed by atoms with Crippen molar-refractivity contribution in [2.75, 3.05) is 30.0 Å². The molecule has 0 amide bonds. The first kappa shape index (κ1) is 13.5. The number of nitrogens with one attached hydrogen (secondary N) is 1. The van der Waals surface area contributed by atoms with Gasteiger partial charge in [-0.2, -0.15) is 13.2 Å². The quantitative estimate of drug-likeness (QED) is 0.860. The molecule has 0 radical (unpaired) electrons. The zero-order chi connectivity index (χ0) is 14.0. The van der Waals surface area contributed by atoms with E-state index in [1.165, 1.54) is 13.0 Å². The summed E-state index contributed by atoms with van der Waals surface area (Å²) in [4.78, 5) is 12.5. The van der Waals surface area contributed by atoms with E-state index in [0.717, 1.165) is 12.1 Å². The third-order valence-electron chi connectivity index (χ3n) is 2.79. The summed E-state index contributed by atoms with van der Waals surface area (Å²) in [6, 6.07) is 3.55. The molecule has 7 heteroatoms. The van der Waals surface area contributed by atoms with E-state index in [9.17, 15) is 18.0 Å². The fourth-order valence-electron chi connectivity index (χ4n) is 1.89. The summed E-state index contributed by atoms with van der Waals surface area (Å²) < 4.78 is 42.4. The summed E-state index contributed by atoms with van der Waals surface area (Å²) in [5, 5.41) is 2.89. The van der Waals surface area contributed by atoms with Crippen LogP contribution in [0.4, 0.5) is 24.5 Å². The molecule has 0 unspecified atom stereocenters. The van der Waals surface area contributed by atoms with Crippen LogP contribution in [0.25, 0.3) is 0 Å². The number of rotatable bonds is 3. The monoisotopic (exact) mass is 274 g/mol. The van der Waals surface area contributed by atoms with E-state index < -0.39 is 11.7 Å². The first-order valence-corrected chi connectivity index (χ1v) is 5.71. The molecule has 19 heavy (non-hydrogen) atoms. The van der Waals surface area contributed by atoms with Crippen LogP contribution in [-0.4, -0.2) is 25.8 Å². The molecule has 0 atom stereocenters. The predicted molar refractivity (Wildman–Crippen MR) is 63.9 cm³/mol. The number of fused-ring (bicyclic) bond motifs is 1. The second kappa shape index (κ2) is 4.99. The van der Waals surface area contributed by atoms with Crippen molar-refractivity contribution >= 4 is 17.3 Å². The maximum Gasteiger partial charge on any atom is 0.416 e. The molecule has 0 aromatic heterocycles. The molecule has 0 spiro atoms. The summed E-state index contributed by atoms with van der Waals surface area (Å²) >= 11 is 0. The SMILES string of the molecule is CC(=O)OCCN1CNc2cc(C(F)(F)F)ccc21. The Morgan fingerprint density at radius 2 is 2.21 bits per heavy atom. The van der Waals surface area contributed by atoms with Crippen molar-refractivity contribution in [2.24, 2.45) is 0 Å². The Bertz CT molecular complexity index is 488. The second-order valence-corrected chi connectivity index (χ2v) is 4.17. The van der Waals surface area contributed by atoms with Gasteiger partial charge in [0.05, 0.1) is 30.2 Å². The van der Waals surface area contributed by atoms with Crippen LogP contribution in [0, 0.1) is 0 Å². The summed E-state index contributed by atoms with van der Waals surface area (Å²) in [5.74, 6) is -0.375. The van der Waals surface area contributed by atoms with E-state index in [-0.39, 0.29) is 12.6 Å². The zero-order valence-electron chi connectivity index (χ0n) is 10.3. The third-order valence-corrected chi connectivity index (χ3v) is 2.79. The van der Waals surface area contributed by atoms with Gasteiger partial charge < -0.3 is 15.0 Å². The van der Waals surface area contributed by atoms with Crippen molar-refractivity contribution in [3.05, 3.63) is 23.8 Å². The highest BCUT2D eigenvalue weighted by Crippen LogP contribution is 2.37. The number of benzene rings is 1. The molecule has 1 aliphatic rings. The lowest BCUT2D eigenvalue weighted by Crippen LogP contribution is -2.27. The molecule has 104 valence electrons. The van der Waals surface area contributed by atoms with Crippen LogP contribution < -0.4 is 10.2 Å². The van der Waals surface area contributed by atoms with Gasteiger partial charge in [0.25, 0.3) is 0 Å². The standard InChI is InChI=1S/C12H13F3N2O2/c1-8(18)19-5-4-17-7-16-10-6-9(12(13,14)15)2-3-11(10)17/h2-3,6,16H,4-5,7H2,1H3. The van der Waals surface area contributed by atoms with Crippen molar-refractivity contribution in [3.8, 4) is 0 Å². The molecular weight excluding hydrogens is 261 g/mol. The molecule has 1 aromatic carbocycles. The Morgan fingerprint density at radius 1 is 1.47 bits per heavy atom.